The van der Waals surface area contributed by atoms with Crippen LogP contribution in [0.1, 0.15) is 26.3 Å². The quantitative estimate of drug-likeness (QED) is 0.494. The molecular weight excluding hydrogens is 306 g/mol. The molecular formula is C22H21N3. The smallest absolute Gasteiger partial charge is 0.178 e. The van der Waals surface area contributed by atoms with E-state index in [9.17, 15) is 0 Å². The average molecular weight is 327 g/mol. The predicted octanol–water partition coefficient (Wildman–Crippen LogP) is 5.39. The van der Waals surface area contributed by atoms with Crippen LogP contribution < -0.4 is 0 Å². The van der Waals surface area contributed by atoms with Gasteiger partial charge in [0.2, 0.25) is 0 Å². The lowest BCUT2D eigenvalue weighted by molar-refractivity contribution is 0.588. The Kier molecular flexibility index (Phi) is 3.65. The fourth-order valence-corrected chi connectivity index (χ4v) is 2.99. The molecule has 0 radical (unpaired) electrons. The molecule has 3 heteroatoms. The second kappa shape index (κ2) is 5.85. The minimum absolute atomic E-state index is 0.0416. The summed E-state index contributed by atoms with van der Waals surface area (Å²) in [7, 11) is 0. The lowest BCUT2D eigenvalue weighted by Gasteiger charge is -2.18. The fraction of sp³-hybridized carbons (Fsp3) is 0.182. The zero-order valence-corrected chi connectivity index (χ0v) is 14.8. The van der Waals surface area contributed by atoms with Gasteiger partial charge in [-0.05, 0) is 29.2 Å². The third-order valence-corrected chi connectivity index (χ3v) is 4.42. The van der Waals surface area contributed by atoms with Gasteiger partial charge in [0.05, 0.1) is 5.52 Å². The molecule has 0 N–H and O–H groups in total. The molecule has 0 atom stereocenters. The lowest BCUT2D eigenvalue weighted by Crippen LogP contribution is -2.11. The zero-order chi connectivity index (χ0) is 17.4. The van der Waals surface area contributed by atoms with Crippen LogP contribution in [0.4, 0.5) is 0 Å². The summed E-state index contributed by atoms with van der Waals surface area (Å²) in [5, 5.41) is 0. The molecule has 124 valence electrons. The Labute approximate surface area is 148 Å². The first-order valence-corrected chi connectivity index (χ1v) is 8.54. The Morgan fingerprint density at radius 1 is 0.840 bits per heavy atom. The van der Waals surface area contributed by atoms with Crippen LogP contribution in [-0.4, -0.2) is 14.5 Å². The van der Waals surface area contributed by atoms with Crippen LogP contribution in [-0.2, 0) is 5.41 Å². The highest BCUT2D eigenvalue weighted by Crippen LogP contribution is 2.30. The number of hydrogen-bond donors (Lipinski definition) is 0. The molecule has 0 fully saturated rings. The summed E-state index contributed by atoms with van der Waals surface area (Å²) < 4.78 is 2.20. The SMILES string of the molecule is CC(C)(C)c1cnc2nc(-c3ccccc3)n(-c3ccccc3)c2c1. The summed E-state index contributed by atoms with van der Waals surface area (Å²) in [6.45, 7) is 6.62. The van der Waals surface area contributed by atoms with Crippen LogP contribution in [0.2, 0.25) is 0 Å². The summed E-state index contributed by atoms with van der Waals surface area (Å²) in [6, 6.07) is 22.8. The van der Waals surface area contributed by atoms with E-state index in [1.807, 2.05) is 30.5 Å². The summed E-state index contributed by atoms with van der Waals surface area (Å²) in [4.78, 5) is 9.48. The second-order valence-electron chi connectivity index (χ2n) is 7.29. The number of nitrogens with zero attached hydrogens (tertiary/aromatic N) is 3. The van der Waals surface area contributed by atoms with Crippen LogP contribution in [0.15, 0.2) is 72.9 Å². The zero-order valence-electron chi connectivity index (χ0n) is 14.8. The van der Waals surface area contributed by atoms with Gasteiger partial charge in [0.25, 0.3) is 0 Å². The highest BCUT2D eigenvalue weighted by atomic mass is 15.1. The van der Waals surface area contributed by atoms with E-state index < -0.39 is 0 Å². The Hall–Kier alpha value is -2.94. The summed E-state index contributed by atoms with van der Waals surface area (Å²) in [5.41, 5.74) is 5.24. The molecule has 2 aromatic carbocycles. The number of para-hydroxylation sites is 1. The first-order valence-electron chi connectivity index (χ1n) is 8.54. The van der Waals surface area contributed by atoms with Crippen LogP contribution in [0.25, 0.3) is 28.2 Å². The predicted molar refractivity (Wildman–Crippen MR) is 103 cm³/mol. The Balaban J connectivity index is 2.05. The molecule has 0 aliphatic rings. The first kappa shape index (κ1) is 15.6. The molecule has 3 nitrogen and oxygen atoms in total. The highest BCUT2D eigenvalue weighted by Gasteiger charge is 2.19. The van der Waals surface area contributed by atoms with E-state index in [1.54, 1.807) is 0 Å². The minimum Gasteiger partial charge on any atom is -0.291 e. The third kappa shape index (κ3) is 2.82. The molecule has 2 heterocycles. The van der Waals surface area contributed by atoms with Crippen molar-refractivity contribution in [3.8, 4) is 17.1 Å². The third-order valence-electron chi connectivity index (χ3n) is 4.42. The Bertz CT molecular complexity index is 1010. The highest BCUT2D eigenvalue weighted by molar-refractivity contribution is 5.81. The van der Waals surface area contributed by atoms with Gasteiger partial charge in [-0.25, -0.2) is 9.97 Å². The van der Waals surface area contributed by atoms with Gasteiger partial charge in [-0.2, -0.15) is 0 Å². The van der Waals surface area contributed by atoms with Crippen molar-refractivity contribution < 1.29 is 0 Å². The molecule has 0 bridgehead atoms. The number of benzene rings is 2. The van der Waals surface area contributed by atoms with Crippen molar-refractivity contribution in [2.45, 2.75) is 26.2 Å². The number of pyridine rings is 1. The van der Waals surface area contributed by atoms with Gasteiger partial charge in [0, 0.05) is 17.4 Å². The van der Waals surface area contributed by atoms with Crippen molar-refractivity contribution in [3.05, 3.63) is 78.5 Å². The normalized spacial score (nSPS) is 11.8. The lowest BCUT2D eigenvalue weighted by atomic mass is 9.88. The van der Waals surface area contributed by atoms with E-state index in [4.69, 9.17) is 4.98 Å². The van der Waals surface area contributed by atoms with Crippen LogP contribution in [0.3, 0.4) is 0 Å². The van der Waals surface area contributed by atoms with E-state index in [0.29, 0.717) is 0 Å². The maximum Gasteiger partial charge on any atom is 0.178 e. The van der Waals surface area contributed by atoms with Crippen LogP contribution >= 0.6 is 0 Å². The van der Waals surface area contributed by atoms with E-state index >= 15 is 0 Å². The minimum atomic E-state index is 0.0416. The molecule has 0 spiro atoms. The molecule has 4 aromatic rings. The van der Waals surface area contributed by atoms with Gasteiger partial charge in [0.1, 0.15) is 5.82 Å². The number of hydrogen-bond acceptors (Lipinski definition) is 2. The van der Waals surface area contributed by atoms with Gasteiger partial charge in [0.15, 0.2) is 5.65 Å². The van der Waals surface area contributed by atoms with Crippen molar-refractivity contribution in [2.75, 3.05) is 0 Å². The molecule has 0 aliphatic carbocycles. The maximum absolute atomic E-state index is 4.83. The molecule has 25 heavy (non-hydrogen) atoms. The molecule has 0 saturated heterocycles. The van der Waals surface area contributed by atoms with Crippen LogP contribution in [0.5, 0.6) is 0 Å². The topological polar surface area (TPSA) is 30.7 Å². The summed E-state index contributed by atoms with van der Waals surface area (Å²) in [5.74, 6) is 0.917. The first-order chi connectivity index (χ1) is 12.0. The largest absolute Gasteiger partial charge is 0.291 e. The van der Waals surface area contributed by atoms with Gasteiger partial charge < -0.3 is 0 Å². The molecule has 0 aliphatic heterocycles. The van der Waals surface area contributed by atoms with Gasteiger partial charge in [-0.1, -0.05) is 69.3 Å². The number of imidazole rings is 1. The van der Waals surface area contributed by atoms with Crippen molar-refractivity contribution >= 4 is 11.2 Å². The van der Waals surface area contributed by atoms with Crippen molar-refractivity contribution in [3.63, 3.8) is 0 Å². The molecule has 0 saturated carbocycles. The fourth-order valence-electron chi connectivity index (χ4n) is 2.99. The Morgan fingerprint density at radius 2 is 1.48 bits per heavy atom. The van der Waals surface area contributed by atoms with E-state index in [-0.39, 0.29) is 5.41 Å². The second-order valence-corrected chi connectivity index (χ2v) is 7.29. The molecule has 4 rings (SSSR count). The van der Waals surface area contributed by atoms with Crippen LogP contribution in [0, 0.1) is 0 Å². The molecule has 0 amide bonds. The van der Waals surface area contributed by atoms with Crippen molar-refractivity contribution in [1.29, 1.82) is 0 Å². The Morgan fingerprint density at radius 3 is 2.12 bits per heavy atom. The average Bonchev–Trinajstić information content (AvgIpc) is 3.01. The summed E-state index contributed by atoms with van der Waals surface area (Å²) in [6.07, 6.45) is 1.94. The standard InChI is InChI=1S/C22H21N3/c1-22(2,3)17-14-19-20(23-15-17)24-21(16-10-6-4-7-11-16)25(19)18-12-8-5-9-13-18/h4-15H,1-3H3. The number of fused-ring (bicyclic) bond motifs is 1. The van der Waals surface area contributed by atoms with Gasteiger partial charge in [-0.3, -0.25) is 4.57 Å². The van der Waals surface area contributed by atoms with Crippen molar-refractivity contribution in [2.24, 2.45) is 0 Å². The van der Waals surface area contributed by atoms with E-state index in [0.717, 1.165) is 28.2 Å². The summed E-state index contributed by atoms with van der Waals surface area (Å²) >= 11 is 0. The van der Waals surface area contributed by atoms with Gasteiger partial charge >= 0.3 is 0 Å². The maximum atomic E-state index is 4.83. The monoisotopic (exact) mass is 327 g/mol. The van der Waals surface area contributed by atoms with Gasteiger partial charge in [-0.15, -0.1) is 0 Å². The number of rotatable bonds is 2. The van der Waals surface area contributed by atoms with E-state index in [2.05, 4.69) is 72.8 Å². The number of aromatic nitrogens is 3. The van der Waals surface area contributed by atoms with E-state index in [1.165, 1.54) is 5.56 Å². The molecule has 0 unspecified atom stereocenters. The molecule has 2 aromatic heterocycles. The van der Waals surface area contributed by atoms with Crippen molar-refractivity contribution in [1.82, 2.24) is 14.5 Å².